The van der Waals surface area contributed by atoms with Crippen molar-refractivity contribution in [3.63, 3.8) is 0 Å². The normalized spacial score (nSPS) is 12.0. The molecule has 0 bridgehead atoms. The number of hydrogen-bond donors (Lipinski definition) is 0. The van der Waals surface area contributed by atoms with Gasteiger partial charge in [-0.15, -0.1) is 11.3 Å². The zero-order valence-electron chi connectivity index (χ0n) is 27.0. The lowest BCUT2D eigenvalue weighted by molar-refractivity contribution is 0.670. The van der Waals surface area contributed by atoms with Crippen molar-refractivity contribution < 1.29 is 4.42 Å². The Balaban J connectivity index is 1.24. The molecule has 50 heavy (non-hydrogen) atoms. The van der Waals surface area contributed by atoms with E-state index < -0.39 is 0 Å². The van der Waals surface area contributed by atoms with Gasteiger partial charge in [0, 0.05) is 37.5 Å². The molecule has 0 N–H and O–H groups in total. The van der Waals surface area contributed by atoms with Crippen molar-refractivity contribution in [1.29, 1.82) is 0 Å². The fraction of sp³-hybridized carbons (Fsp3) is 0. The summed E-state index contributed by atoms with van der Waals surface area (Å²) in [5.74, 6) is 0. The maximum absolute atomic E-state index is 6.80. The van der Waals surface area contributed by atoms with Crippen LogP contribution in [0.15, 0.2) is 174 Å². The standard InChI is InChI=1S/C48H28OS/c1-4-15-33-29(12-1)24-25-43-47(33)40-22-11-21-39(48(40)49-43)46-37-19-7-5-17-35(37)45(36-18-6-8-20-38(36)46)31-26-30-13-2-3-14-32(30)41(27-31)42-28-50-44-23-10-9-16-34(42)44/h1-28H. The van der Waals surface area contributed by atoms with Crippen molar-refractivity contribution in [2.75, 3.05) is 0 Å². The Bertz CT molecular complexity index is 3100. The first-order valence-electron chi connectivity index (χ1n) is 17.1. The molecular formula is C48H28OS. The SMILES string of the molecule is c1ccc2c(-c3csc4ccccc34)cc(-c3c4ccccc4c(-c4cccc5c4oc4ccc6ccccc6c45)c4ccccc34)cc2c1. The van der Waals surface area contributed by atoms with Gasteiger partial charge in [0.2, 0.25) is 0 Å². The van der Waals surface area contributed by atoms with Crippen molar-refractivity contribution in [1.82, 2.24) is 0 Å². The predicted octanol–water partition coefficient (Wildman–Crippen LogP) is 14.4. The molecular weight excluding hydrogens is 625 g/mol. The van der Waals surface area contributed by atoms with Gasteiger partial charge in [0.15, 0.2) is 0 Å². The van der Waals surface area contributed by atoms with Crippen LogP contribution in [-0.2, 0) is 0 Å². The number of benzene rings is 9. The first-order chi connectivity index (χ1) is 24.8. The third kappa shape index (κ3) is 3.94. The lowest BCUT2D eigenvalue weighted by Crippen LogP contribution is -1.92. The van der Waals surface area contributed by atoms with Crippen LogP contribution in [0.4, 0.5) is 0 Å². The van der Waals surface area contributed by atoms with Crippen molar-refractivity contribution in [3.8, 4) is 33.4 Å². The highest BCUT2D eigenvalue weighted by Crippen LogP contribution is 2.48. The number of furan rings is 1. The van der Waals surface area contributed by atoms with Gasteiger partial charge in [0.05, 0.1) is 0 Å². The summed E-state index contributed by atoms with van der Waals surface area (Å²) >= 11 is 1.82. The van der Waals surface area contributed by atoms with E-state index in [0.29, 0.717) is 0 Å². The van der Waals surface area contributed by atoms with Gasteiger partial charge in [-0.1, -0.05) is 140 Å². The molecule has 0 saturated heterocycles. The first-order valence-corrected chi connectivity index (χ1v) is 18.0. The zero-order valence-corrected chi connectivity index (χ0v) is 27.8. The van der Waals surface area contributed by atoms with Crippen LogP contribution >= 0.6 is 11.3 Å². The molecule has 0 aliphatic carbocycles. The molecule has 232 valence electrons. The van der Waals surface area contributed by atoms with Crippen molar-refractivity contribution in [2.45, 2.75) is 0 Å². The van der Waals surface area contributed by atoms with Crippen LogP contribution in [0.3, 0.4) is 0 Å². The number of hydrogen-bond acceptors (Lipinski definition) is 2. The quantitative estimate of drug-likeness (QED) is 0.173. The molecule has 0 aliphatic rings. The van der Waals surface area contributed by atoms with E-state index in [4.69, 9.17) is 4.42 Å². The maximum Gasteiger partial charge on any atom is 0.143 e. The number of rotatable bonds is 3. The van der Waals surface area contributed by atoms with E-state index in [1.54, 1.807) is 0 Å². The minimum Gasteiger partial charge on any atom is -0.455 e. The monoisotopic (exact) mass is 652 g/mol. The number of para-hydroxylation sites is 1. The van der Waals surface area contributed by atoms with Crippen LogP contribution in [0, 0.1) is 0 Å². The van der Waals surface area contributed by atoms with E-state index in [-0.39, 0.29) is 0 Å². The van der Waals surface area contributed by atoms with E-state index in [0.717, 1.165) is 22.1 Å². The van der Waals surface area contributed by atoms with Crippen LogP contribution in [0.1, 0.15) is 0 Å². The number of thiophene rings is 1. The van der Waals surface area contributed by atoms with Gasteiger partial charge in [0.25, 0.3) is 0 Å². The van der Waals surface area contributed by atoms with Gasteiger partial charge in [-0.25, -0.2) is 0 Å². The summed E-state index contributed by atoms with van der Waals surface area (Å²) in [7, 11) is 0. The summed E-state index contributed by atoms with van der Waals surface area (Å²) in [6.45, 7) is 0. The molecule has 0 fully saturated rings. The van der Waals surface area contributed by atoms with Crippen LogP contribution in [0.25, 0.3) is 108 Å². The second-order valence-electron chi connectivity index (χ2n) is 13.2. The molecule has 9 aromatic carbocycles. The van der Waals surface area contributed by atoms with Gasteiger partial charge < -0.3 is 4.42 Å². The molecule has 0 radical (unpaired) electrons. The van der Waals surface area contributed by atoms with E-state index in [9.17, 15) is 0 Å². The molecule has 0 unspecified atom stereocenters. The molecule has 2 heteroatoms. The highest BCUT2D eigenvalue weighted by atomic mass is 32.1. The van der Waals surface area contributed by atoms with Crippen molar-refractivity contribution >= 4 is 86.5 Å². The summed E-state index contributed by atoms with van der Waals surface area (Å²) in [4.78, 5) is 0. The number of fused-ring (bicyclic) bond motifs is 9. The molecule has 2 aromatic heterocycles. The summed E-state index contributed by atoms with van der Waals surface area (Å²) in [5.41, 5.74) is 9.21. The largest absolute Gasteiger partial charge is 0.455 e. The molecule has 11 rings (SSSR count). The maximum atomic E-state index is 6.80. The summed E-state index contributed by atoms with van der Waals surface area (Å²) < 4.78 is 8.11. The fourth-order valence-corrected chi connectivity index (χ4v) is 9.32. The second kappa shape index (κ2) is 10.6. The third-order valence-electron chi connectivity index (χ3n) is 10.5. The van der Waals surface area contributed by atoms with Crippen molar-refractivity contribution in [2.24, 2.45) is 0 Å². The minimum absolute atomic E-state index is 0.918. The van der Waals surface area contributed by atoms with Crippen molar-refractivity contribution in [3.05, 3.63) is 169 Å². The Morgan fingerprint density at radius 3 is 1.74 bits per heavy atom. The Labute approximate surface area is 292 Å². The van der Waals surface area contributed by atoms with Gasteiger partial charge in [-0.2, -0.15) is 0 Å². The van der Waals surface area contributed by atoms with E-state index in [1.165, 1.54) is 86.4 Å². The van der Waals surface area contributed by atoms with Gasteiger partial charge in [-0.05, 0) is 89.4 Å². The topological polar surface area (TPSA) is 13.1 Å². The van der Waals surface area contributed by atoms with Gasteiger partial charge in [-0.3, -0.25) is 0 Å². The smallest absolute Gasteiger partial charge is 0.143 e. The Kier molecular flexibility index (Phi) is 5.89. The molecule has 0 spiro atoms. The Morgan fingerprint density at radius 2 is 0.980 bits per heavy atom. The van der Waals surface area contributed by atoms with Crippen LogP contribution in [0.2, 0.25) is 0 Å². The fourth-order valence-electron chi connectivity index (χ4n) is 8.36. The highest BCUT2D eigenvalue weighted by molar-refractivity contribution is 7.17. The Hall–Kier alpha value is -6.22. The average molecular weight is 653 g/mol. The summed E-state index contributed by atoms with van der Waals surface area (Å²) in [6.07, 6.45) is 0. The lowest BCUT2D eigenvalue weighted by atomic mass is 9.84. The molecule has 1 nitrogen and oxygen atoms in total. The lowest BCUT2D eigenvalue weighted by Gasteiger charge is -2.19. The first kappa shape index (κ1) is 27.7. The van der Waals surface area contributed by atoms with E-state index >= 15 is 0 Å². The minimum atomic E-state index is 0.918. The van der Waals surface area contributed by atoms with E-state index in [2.05, 4.69) is 169 Å². The second-order valence-corrected chi connectivity index (χ2v) is 14.1. The molecule has 0 aliphatic heterocycles. The summed E-state index contributed by atoms with van der Waals surface area (Å²) in [5, 5.41) is 15.8. The highest BCUT2D eigenvalue weighted by Gasteiger charge is 2.22. The predicted molar refractivity (Wildman–Crippen MR) is 215 cm³/mol. The summed E-state index contributed by atoms with van der Waals surface area (Å²) in [6, 6.07) is 59.7. The van der Waals surface area contributed by atoms with Gasteiger partial charge >= 0.3 is 0 Å². The molecule has 2 heterocycles. The molecule has 0 atom stereocenters. The Morgan fingerprint density at radius 1 is 0.380 bits per heavy atom. The van der Waals surface area contributed by atoms with E-state index in [1.807, 2.05) is 11.3 Å². The molecule has 11 aromatic rings. The average Bonchev–Trinajstić information content (AvgIpc) is 3.79. The van der Waals surface area contributed by atoms with Crippen LogP contribution < -0.4 is 0 Å². The molecule has 0 amide bonds. The van der Waals surface area contributed by atoms with Crippen LogP contribution in [0.5, 0.6) is 0 Å². The molecule has 0 saturated carbocycles. The van der Waals surface area contributed by atoms with Crippen LogP contribution in [-0.4, -0.2) is 0 Å². The van der Waals surface area contributed by atoms with Gasteiger partial charge in [0.1, 0.15) is 11.2 Å². The zero-order chi connectivity index (χ0) is 32.8. The third-order valence-corrected chi connectivity index (χ3v) is 11.5.